The van der Waals surface area contributed by atoms with Crippen molar-refractivity contribution >= 4 is 30.9 Å². The largest absolute Gasteiger partial charge is 0.508 e. The lowest BCUT2D eigenvalue weighted by atomic mass is 10.0. The predicted octanol–water partition coefficient (Wildman–Crippen LogP) is 3.86. The van der Waals surface area contributed by atoms with Crippen molar-refractivity contribution in [3.05, 3.63) is 30.0 Å². The van der Waals surface area contributed by atoms with E-state index in [0.717, 1.165) is 72.5 Å². The van der Waals surface area contributed by atoms with Crippen LogP contribution in [0.15, 0.2) is 24.3 Å². The quantitative estimate of drug-likeness (QED) is 0.348. The molecule has 2 fully saturated rings. The Labute approximate surface area is 213 Å². The molecule has 0 aliphatic carbocycles. The summed E-state index contributed by atoms with van der Waals surface area (Å²) in [5, 5.41) is 11.3. The Morgan fingerprint density at radius 1 is 1.00 bits per heavy atom. The molecule has 5 rings (SSSR count). The van der Waals surface area contributed by atoms with Crippen molar-refractivity contribution in [2.75, 3.05) is 69.0 Å². The van der Waals surface area contributed by atoms with Gasteiger partial charge in [-0.1, -0.05) is 31.8 Å². The summed E-state index contributed by atoms with van der Waals surface area (Å²) in [4.78, 5) is 18.1. The number of aromatic nitrogens is 3. The molecular formula is C26H37N5O4Si. The number of nitrogens with zero attached hydrogens (tertiary/aromatic N) is 4. The summed E-state index contributed by atoms with van der Waals surface area (Å²) in [6.07, 6.45) is 0. The van der Waals surface area contributed by atoms with Crippen molar-refractivity contribution in [3.8, 4) is 16.9 Å². The van der Waals surface area contributed by atoms with Crippen LogP contribution in [0.25, 0.3) is 22.2 Å². The molecule has 194 valence electrons. The van der Waals surface area contributed by atoms with Crippen LogP contribution in [0, 0.1) is 0 Å². The zero-order valence-corrected chi connectivity index (χ0v) is 22.5. The van der Waals surface area contributed by atoms with Crippen molar-refractivity contribution in [2.24, 2.45) is 0 Å². The molecule has 10 heteroatoms. The highest BCUT2D eigenvalue weighted by atomic mass is 28.3. The van der Waals surface area contributed by atoms with Crippen LogP contribution < -0.4 is 9.80 Å². The van der Waals surface area contributed by atoms with Gasteiger partial charge < -0.3 is 34.1 Å². The maximum Gasteiger partial charge on any atom is 0.229 e. The van der Waals surface area contributed by atoms with Crippen molar-refractivity contribution < 1.29 is 19.3 Å². The van der Waals surface area contributed by atoms with Crippen LogP contribution in [0.3, 0.4) is 0 Å². The van der Waals surface area contributed by atoms with Gasteiger partial charge in [-0.3, -0.25) is 0 Å². The first kappa shape index (κ1) is 25.0. The van der Waals surface area contributed by atoms with Crippen LogP contribution in [0.1, 0.15) is 5.69 Å². The Morgan fingerprint density at radius 2 is 1.69 bits per heavy atom. The highest BCUT2D eigenvalue weighted by molar-refractivity contribution is 6.76. The number of ether oxygens (including phenoxy) is 3. The Morgan fingerprint density at radius 3 is 2.36 bits per heavy atom. The SMILES string of the molecule is C[Si](C)(C)CCOCc1[nH]c2nc(N3CCOCC3)nc(N3CCOCC3)c2c1-c1cccc(O)c1. The number of phenols is 1. The molecule has 1 aromatic carbocycles. The van der Waals surface area contributed by atoms with Crippen LogP contribution in [0.4, 0.5) is 11.8 Å². The molecule has 2 N–H and O–H groups in total. The molecule has 2 aliphatic heterocycles. The molecule has 4 heterocycles. The number of benzene rings is 1. The molecular weight excluding hydrogens is 474 g/mol. The predicted molar refractivity (Wildman–Crippen MR) is 145 cm³/mol. The average Bonchev–Trinajstić information content (AvgIpc) is 3.25. The number of fused-ring (bicyclic) bond motifs is 1. The van der Waals surface area contributed by atoms with Crippen LogP contribution in [0.2, 0.25) is 25.7 Å². The third-order valence-corrected chi connectivity index (χ3v) is 8.39. The van der Waals surface area contributed by atoms with Crippen LogP contribution >= 0.6 is 0 Å². The molecule has 0 spiro atoms. The van der Waals surface area contributed by atoms with Gasteiger partial charge in [0.25, 0.3) is 0 Å². The topological polar surface area (TPSA) is 96.0 Å². The lowest BCUT2D eigenvalue weighted by Gasteiger charge is -2.31. The minimum atomic E-state index is -1.20. The van der Waals surface area contributed by atoms with Gasteiger partial charge in [0.15, 0.2) is 0 Å². The van der Waals surface area contributed by atoms with Gasteiger partial charge in [-0.05, 0) is 23.7 Å². The van der Waals surface area contributed by atoms with Gasteiger partial charge >= 0.3 is 0 Å². The molecule has 9 nitrogen and oxygen atoms in total. The number of H-pyrrole nitrogens is 1. The van der Waals surface area contributed by atoms with Crippen molar-refractivity contribution in [1.82, 2.24) is 15.0 Å². The van der Waals surface area contributed by atoms with Gasteiger partial charge in [0.05, 0.1) is 44.1 Å². The molecule has 2 aliphatic rings. The van der Waals surface area contributed by atoms with E-state index in [1.165, 1.54) is 0 Å². The molecule has 0 bridgehead atoms. The lowest BCUT2D eigenvalue weighted by molar-refractivity contribution is 0.121. The van der Waals surface area contributed by atoms with Gasteiger partial charge in [-0.2, -0.15) is 9.97 Å². The number of rotatable bonds is 8. The smallest absolute Gasteiger partial charge is 0.229 e. The van der Waals surface area contributed by atoms with E-state index < -0.39 is 8.07 Å². The van der Waals surface area contributed by atoms with Crippen molar-refractivity contribution in [3.63, 3.8) is 0 Å². The first-order valence-electron chi connectivity index (χ1n) is 12.8. The third-order valence-electron chi connectivity index (χ3n) is 6.68. The Hall–Kier alpha value is -2.66. The molecule has 2 saturated heterocycles. The number of anilines is 2. The summed E-state index contributed by atoms with van der Waals surface area (Å²) in [5.74, 6) is 1.83. The molecule has 0 unspecified atom stereocenters. The van der Waals surface area contributed by atoms with E-state index in [4.69, 9.17) is 24.2 Å². The van der Waals surface area contributed by atoms with E-state index in [0.29, 0.717) is 39.0 Å². The normalized spacial score (nSPS) is 17.2. The number of aromatic hydroxyl groups is 1. The highest BCUT2D eigenvalue weighted by Gasteiger charge is 2.26. The fourth-order valence-corrected chi connectivity index (χ4v) is 5.42. The van der Waals surface area contributed by atoms with E-state index >= 15 is 0 Å². The second-order valence-corrected chi connectivity index (χ2v) is 16.3. The summed E-state index contributed by atoms with van der Waals surface area (Å²) in [6, 6.07) is 8.49. The Bertz CT molecular complexity index is 1180. The van der Waals surface area contributed by atoms with Gasteiger partial charge in [-0.15, -0.1) is 0 Å². The first-order chi connectivity index (χ1) is 17.4. The molecule has 0 saturated carbocycles. The number of phenolic OH excluding ortho intramolecular Hbond substituents is 1. The van der Waals surface area contributed by atoms with Gasteiger partial charge in [0, 0.05) is 46.4 Å². The fourth-order valence-electron chi connectivity index (χ4n) is 4.66. The van der Waals surface area contributed by atoms with E-state index in [1.807, 2.05) is 12.1 Å². The molecule has 2 aromatic heterocycles. The van der Waals surface area contributed by atoms with Crippen molar-refractivity contribution in [1.29, 1.82) is 0 Å². The second-order valence-electron chi connectivity index (χ2n) is 10.7. The third kappa shape index (κ3) is 5.67. The molecule has 0 radical (unpaired) electrons. The fraction of sp³-hybridized carbons (Fsp3) is 0.538. The van der Waals surface area contributed by atoms with E-state index in [-0.39, 0.29) is 5.75 Å². The summed E-state index contributed by atoms with van der Waals surface area (Å²) in [5.41, 5.74) is 3.65. The average molecular weight is 512 g/mol. The maximum absolute atomic E-state index is 10.3. The van der Waals surface area contributed by atoms with Gasteiger partial charge in [0.1, 0.15) is 17.2 Å². The highest BCUT2D eigenvalue weighted by Crippen LogP contribution is 2.39. The number of morpholine rings is 2. The number of hydrogen-bond acceptors (Lipinski definition) is 8. The van der Waals surface area contributed by atoms with E-state index in [1.54, 1.807) is 12.1 Å². The summed E-state index contributed by atoms with van der Waals surface area (Å²) in [6.45, 7) is 14.0. The van der Waals surface area contributed by atoms with Crippen LogP contribution in [-0.2, 0) is 20.8 Å². The maximum atomic E-state index is 10.3. The monoisotopic (exact) mass is 511 g/mol. The number of hydrogen-bond donors (Lipinski definition) is 2. The van der Waals surface area contributed by atoms with E-state index in [9.17, 15) is 5.11 Å². The Kier molecular flexibility index (Phi) is 7.47. The minimum Gasteiger partial charge on any atom is -0.508 e. The minimum absolute atomic E-state index is 0.228. The van der Waals surface area contributed by atoms with Crippen LogP contribution in [0.5, 0.6) is 5.75 Å². The summed E-state index contributed by atoms with van der Waals surface area (Å²) in [7, 11) is -1.20. The van der Waals surface area contributed by atoms with Gasteiger partial charge in [-0.25, -0.2) is 0 Å². The molecule has 0 atom stereocenters. The molecule has 36 heavy (non-hydrogen) atoms. The molecule has 3 aromatic rings. The summed E-state index contributed by atoms with van der Waals surface area (Å²) < 4.78 is 17.4. The standard InChI is InChI=1S/C26H37N5O4Si/c1-36(2,3)16-15-35-18-21-22(19-5-4-6-20(32)17-19)23-24(27-21)28-26(31-9-13-34-14-10-31)29-25(23)30-7-11-33-12-8-30/h4-6,17,32H,7-16,18H2,1-3H3,(H,27,28,29). The van der Waals surface area contributed by atoms with E-state index in [2.05, 4.69) is 34.4 Å². The molecule has 0 amide bonds. The van der Waals surface area contributed by atoms with Crippen LogP contribution in [-0.4, -0.2) is 87.3 Å². The number of nitrogens with one attached hydrogen (secondary N) is 1. The Balaban J connectivity index is 1.62. The first-order valence-corrected chi connectivity index (χ1v) is 16.5. The van der Waals surface area contributed by atoms with Gasteiger partial charge in [0.2, 0.25) is 5.95 Å². The van der Waals surface area contributed by atoms with Crippen molar-refractivity contribution in [2.45, 2.75) is 32.3 Å². The number of aromatic amines is 1. The lowest BCUT2D eigenvalue weighted by Crippen LogP contribution is -2.39. The zero-order chi connectivity index (χ0) is 25.1. The second kappa shape index (κ2) is 10.8. The summed E-state index contributed by atoms with van der Waals surface area (Å²) >= 11 is 0. The zero-order valence-electron chi connectivity index (χ0n) is 21.5.